The van der Waals surface area contributed by atoms with Gasteiger partial charge in [-0.1, -0.05) is 26.0 Å². The third kappa shape index (κ3) is 5.02. The van der Waals surface area contributed by atoms with Crippen molar-refractivity contribution in [2.75, 3.05) is 19.7 Å². The normalized spacial score (nSPS) is 15.2. The Hall–Kier alpha value is -3.13. The van der Waals surface area contributed by atoms with E-state index in [1.165, 1.54) is 18.1 Å². The van der Waals surface area contributed by atoms with Gasteiger partial charge in [-0.05, 0) is 36.6 Å². The Balaban J connectivity index is 1.44. The van der Waals surface area contributed by atoms with Crippen LogP contribution in [0, 0.1) is 5.92 Å². The molecule has 0 saturated carbocycles. The quantitative estimate of drug-likeness (QED) is 0.581. The summed E-state index contributed by atoms with van der Waals surface area (Å²) in [5.74, 6) is 2.69. The van der Waals surface area contributed by atoms with Gasteiger partial charge in [-0.2, -0.15) is 0 Å². The Bertz CT molecular complexity index is 1010. The molecule has 1 atom stereocenters. The Morgan fingerprint density at radius 1 is 1.16 bits per heavy atom. The lowest BCUT2D eigenvalue weighted by molar-refractivity contribution is 0.0921. The summed E-state index contributed by atoms with van der Waals surface area (Å²) < 4.78 is 12.8. The largest absolute Gasteiger partial charge is 0.494 e. The molecule has 1 amide bonds. The van der Waals surface area contributed by atoms with Crippen molar-refractivity contribution in [3.63, 3.8) is 0 Å². The summed E-state index contributed by atoms with van der Waals surface area (Å²) in [6.45, 7) is 10.3. The molecule has 0 fully saturated rings. The zero-order valence-electron chi connectivity index (χ0n) is 19.0. The van der Waals surface area contributed by atoms with Gasteiger partial charge in [-0.3, -0.25) is 9.69 Å². The van der Waals surface area contributed by atoms with Crippen molar-refractivity contribution in [2.24, 2.45) is 5.92 Å². The maximum atomic E-state index is 12.6. The fourth-order valence-electron chi connectivity index (χ4n) is 4.04. The van der Waals surface area contributed by atoms with E-state index in [9.17, 15) is 4.79 Å². The van der Waals surface area contributed by atoms with Gasteiger partial charge in [0.15, 0.2) is 5.82 Å². The van der Waals surface area contributed by atoms with Gasteiger partial charge in [0, 0.05) is 32.6 Å². The van der Waals surface area contributed by atoms with Gasteiger partial charge in [0.05, 0.1) is 24.5 Å². The first-order valence-corrected chi connectivity index (χ1v) is 11.2. The molecule has 1 N–H and O–H groups in total. The Morgan fingerprint density at radius 3 is 2.66 bits per heavy atom. The van der Waals surface area contributed by atoms with E-state index in [0.717, 1.165) is 50.0 Å². The van der Waals surface area contributed by atoms with Gasteiger partial charge >= 0.3 is 0 Å². The highest BCUT2D eigenvalue weighted by molar-refractivity contribution is 5.94. The van der Waals surface area contributed by atoms with E-state index in [2.05, 4.69) is 51.0 Å². The molecule has 0 spiro atoms. The number of aromatic nitrogens is 3. The van der Waals surface area contributed by atoms with Crippen molar-refractivity contribution in [1.82, 2.24) is 25.0 Å². The molecule has 1 aliphatic heterocycles. The smallest absolute Gasteiger partial charge is 0.255 e. The molecule has 0 aliphatic carbocycles. The number of fused-ring (bicyclic) bond motifs is 1. The van der Waals surface area contributed by atoms with Crippen LogP contribution < -0.4 is 10.1 Å². The van der Waals surface area contributed by atoms with Crippen LogP contribution in [0.15, 0.2) is 47.3 Å². The molecule has 2 aromatic heterocycles. The fraction of sp³-hybridized carbons (Fsp3) is 0.458. The van der Waals surface area contributed by atoms with E-state index in [1.54, 1.807) is 6.07 Å². The van der Waals surface area contributed by atoms with Crippen molar-refractivity contribution < 1.29 is 13.9 Å². The van der Waals surface area contributed by atoms with E-state index in [4.69, 9.17) is 9.15 Å². The summed E-state index contributed by atoms with van der Waals surface area (Å²) >= 11 is 0. The topological polar surface area (TPSA) is 85.4 Å². The highest BCUT2D eigenvalue weighted by Crippen LogP contribution is 2.24. The van der Waals surface area contributed by atoms with E-state index in [-0.39, 0.29) is 17.9 Å². The molecule has 3 heterocycles. The Kier molecular flexibility index (Phi) is 6.90. The monoisotopic (exact) mass is 437 g/mol. The van der Waals surface area contributed by atoms with Gasteiger partial charge < -0.3 is 19.0 Å². The Morgan fingerprint density at radius 2 is 1.97 bits per heavy atom. The van der Waals surface area contributed by atoms with Gasteiger partial charge in [0.2, 0.25) is 0 Å². The summed E-state index contributed by atoms with van der Waals surface area (Å²) in [5, 5.41) is 12.0. The van der Waals surface area contributed by atoms with Crippen molar-refractivity contribution >= 4 is 5.91 Å². The van der Waals surface area contributed by atoms with Crippen molar-refractivity contribution in [3.05, 3.63) is 65.6 Å². The predicted octanol–water partition coefficient (Wildman–Crippen LogP) is 3.46. The number of ether oxygens (including phenoxy) is 1. The lowest BCUT2D eigenvalue weighted by atomic mass is 10.0. The summed E-state index contributed by atoms with van der Waals surface area (Å²) in [6.07, 6.45) is 3.78. The van der Waals surface area contributed by atoms with Gasteiger partial charge in [0.25, 0.3) is 5.91 Å². The minimum Gasteiger partial charge on any atom is -0.494 e. The van der Waals surface area contributed by atoms with Crippen LogP contribution >= 0.6 is 0 Å². The molecule has 3 aromatic rings. The summed E-state index contributed by atoms with van der Waals surface area (Å²) in [7, 11) is 0. The molecule has 1 aliphatic rings. The lowest BCUT2D eigenvalue weighted by Gasteiger charge is -2.23. The molecular weight excluding hydrogens is 406 g/mol. The molecule has 0 unspecified atom stereocenters. The van der Waals surface area contributed by atoms with Crippen LogP contribution in [0.3, 0.4) is 0 Å². The second-order valence-electron chi connectivity index (χ2n) is 8.44. The minimum absolute atomic E-state index is 0.166. The number of carbonyl (C=O) groups excluding carboxylic acids is 1. The molecule has 4 rings (SSSR count). The van der Waals surface area contributed by atoms with E-state index in [1.807, 2.05) is 19.1 Å². The van der Waals surface area contributed by atoms with Crippen LogP contribution in [0.2, 0.25) is 0 Å². The molecule has 170 valence electrons. The SMILES string of the molecule is CCOc1ccc(CN2CCc3nnc([C@H](NC(=O)c4ccoc4)C(C)C)n3CC2)cc1. The average Bonchev–Trinajstić information content (AvgIpc) is 3.42. The summed E-state index contributed by atoms with van der Waals surface area (Å²) in [5.41, 5.74) is 1.77. The number of rotatable bonds is 8. The van der Waals surface area contributed by atoms with Gasteiger partial charge in [-0.15, -0.1) is 10.2 Å². The molecular formula is C24H31N5O3. The van der Waals surface area contributed by atoms with Gasteiger partial charge in [-0.25, -0.2) is 0 Å². The number of amides is 1. The van der Waals surface area contributed by atoms with Gasteiger partial charge in [0.1, 0.15) is 17.8 Å². The van der Waals surface area contributed by atoms with E-state index < -0.39 is 0 Å². The van der Waals surface area contributed by atoms with E-state index >= 15 is 0 Å². The zero-order chi connectivity index (χ0) is 22.5. The number of nitrogens with one attached hydrogen (secondary N) is 1. The van der Waals surface area contributed by atoms with Crippen molar-refractivity contribution in [3.8, 4) is 5.75 Å². The molecule has 8 heteroatoms. The number of hydrogen-bond donors (Lipinski definition) is 1. The third-order valence-electron chi connectivity index (χ3n) is 5.80. The minimum atomic E-state index is -0.226. The Labute approximate surface area is 188 Å². The zero-order valence-corrected chi connectivity index (χ0v) is 19.0. The highest BCUT2D eigenvalue weighted by Gasteiger charge is 2.28. The molecule has 0 radical (unpaired) electrons. The molecule has 32 heavy (non-hydrogen) atoms. The molecule has 0 saturated heterocycles. The highest BCUT2D eigenvalue weighted by atomic mass is 16.5. The first kappa shape index (κ1) is 22.1. The third-order valence-corrected chi connectivity index (χ3v) is 5.80. The number of hydrogen-bond acceptors (Lipinski definition) is 6. The molecule has 0 bridgehead atoms. The van der Waals surface area contributed by atoms with Crippen LogP contribution in [0.25, 0.3) is 0 Å². The average molecular weight is 438 g/mol. The lowest BCUT2D eigenvalue weighted by Crippen LogP contribution is -2.34. The standard InChI is InChI=1S/C24H31N5O3/c1-4-32-20-7-5-18(6-8-20)15-28-11-9-21-26-27-23(29(21)13-12-28)22(17(2)3)25-24(30)19-10-14-31-16-19/h5-8,10,14,16-17,22H,4,9,11-13,15H2,1-3H3,(H,25,30)/t22-/m1/s1. The second-order valence-corrected chi connectivity index (χ2v) is 8.44. The number of benzene rings is 1. The maximum Gasteiger partial charge on any atom is 0.255 e. The number of nitrogens with zero attached hydrogens (tertiary/aromatic N) is 4. The summed E-state index contributed by atoms with van der Waals surface area (Å²) in [6, 6.07) is 9.74. The number of carbonyl (C=O) groups is 1. The summed E-state index contributed by atoms with van der Waals surface area (Å²) in [4.78, 5) is 15.1. The predicted molar refractivity (Wildman–Crippen MR) is 120 cm³/mol. The van der Waals surface area contributed by atoms with Crippen LogP contribution in [0.1, 0.15) is 54.4 Å². The fourth-order valence-corrected chi connectivity index (χ4v) is 4.04. The first-order valence-electron chi connectivity index (χ1n) is 11.2. The second kappa shape index (κ2) is 9.99. The van der Waals surface area contributed by atoms with Crippen LogP contribution in [0.4, 0.5) is 0 Å². The molecule has 8 nitrogen and oxygen atoms in total. The number of furan rings is 1. The first-order chi connectivity index (χ1) is 15.5. The van der Waals surface area contributed by atoms with Crippen LogP contribution in [-0.4, -0.2) is 45.3 Å². The molecule has 1 aromatic carbocycles. The maximum absolute atomic E-state index is 12.6. The van der Waals surface area contributed by atoms with Crippen molar-refractivity contribution in [1.29, 1.82) is 0 Å². The van der Waals surface area contributed by atoms with Crippen LogP contribution in [0.5, 0.6) is 5.75 Å². The van der Waals surface area contributed by atoms with Crippen LogP contribution in [-0.2, 0) is 19.5 Å². The van der Waals surface area contributed by atoms with Crippen molar-refractivity contribution in [2.45, 2.75) is 46.3 Å². The van der Waals surface area contributed by atoms with E-state index in [0.29, 0.717) is 12.2 Å².